The molecule has 6 nitrogen and oxygen atoms in total. The van der Waals surface area contributed by atoms with E-state index in [1.807, 2.05) is 36.4 Å². The summed E-state index contributed by atoms with van der Waals surface area (Å²) in [5, 5.41) is 3.95. The number of anilines is 1. The fourth-order valence-electron chi connectivity index (χ4n) is 2.95. The zero-order valence-corrected chi connectivity index (χ0v) is 16.6. The topological polar surface area (TPSA) is 72.6 Å². The van der Waals surface area contributed by atoms with Gasteiger partial charge in [-0.25, -0.2) is 12.7 Å². The number of aromatic nitrogens is 1. The Hall–Kier alpha value is -2.64. The summed E-state index contributed by atoms with van der Waals surface area (Å²) in [6.45, 7) is 5.13. The van der Waals surface area contributed by atoms with Crippen molar-refractivity contribution in [1.82, 2.24) is 5.16 Å². The van der Waals surface area contributed by atoms with Gasteiger partial charge in [-0.1, -0.05) is 53.7 Å². The molecule has 0 saturated carbocycles. The van der Waals surface area contributed by atoms with E-state index in [0.29, 0.717) is 22.5 Å². The third kappa shape index (κ3) is 3.48. The van der Waals surface area contributed by atoms with Crippen LogP contribution in [0, 0.1) is 20.8 Å². The lowest BCUT2D eigenvalue weighted by atomic mass is 10.0. The van der Waals surface area contributed by atoms with E-state index in [1.54, 1.807) is 32.9 Å². The highest BCUT2D eigenvalue weighted by Gasteiger charge is 2.32. The number of nitrogens with zero attached hydrogens (tertiary/aromatic N) is 2. The van der Waals surface area contributed by atoms with E-state index in [0.717, 1.165) is 9.87 Å². The minimum Gasteiger partial charge on any atom is -0.363 e. The molecule has 0 fully saturated rings. The Labute approximate surface area is 159 Å². The highest BCUT2D eigenvalue weighted by Crippen LogP contribution is 2.35. The van der Waals surface area contributed by atoms with E-state index >= 15 is 0 Å². The number of hydrogen-bond acceptors (Lipinski definition) is 5. The van der Waals surface area contributed by atoms with Crippen LogP contribution in [0.4, 0.5) is 5.82 Å². The molecule has 3 rings (SSSR count). The molecular weight excluding hydrogens is 364 g/mol. The van der Waals surface area contributed by atoms with Gasteiger partial charge in [0.1, 0.15) is 12.5 Å². The Morgan fingerprint density at radius 2 is 1.74 bits per heavy atom. The summed E-state index contributed by atoms with van der Waals surface area (Å²) in [6, 6.07) is 14.9. The second kappa shape index (κ2) is 7.54. The van der Waals surface area contributed by atoms with Crippen LogP contribution in [-0.2, 0) is 14.8 Å². The minimum absolute atomic E-state index is 0.169. The molecule has 0 saturated heterocycles. The molecular formula is C20H22N2O4S. The molecule has 0 N–H and O–H groups in total. The first-order valence-corrected chi connectivity index (χ1v) is 9.91. The molecule has 0 aliphatic heterocycles. The van der Waals surface area contributed by atoms with Gasteiger partial charge < -0.3 is 9.26 Å². The summed E-state index contributed by atoms with van der Waals surface area (Å²) >= 11 is 0. The lowest BCUT2D eigenvalue weighted by Crippen LogP contribution is -2.34. The average Bonchev–Trinajstić information content (AvgIpc) is 2.98. The van der Waals surface area contributed by atoms with Crippen LogP contribution < -0.4 is 4.31 Å². The predicted octanol–water partition coefficient (Wildman–Crippen LogP) is 4.07. The minimum atomic E-state index is -3.95. The van der Waals surface area contributed by atoms with Crippen LogP contribution in [0.1, 0.15) is 16.9 Å². The van der Waals surface area contributed by atoms with Gasteiger partial charge in [0, 0.05) is 18.2 Å². The SMILES string of the molecule is COCN(c1noc(C)c1C)S(=O)(=O)c1c(C)cccc1-c1ccccc1. The molecule has 1 heterocycles. The highest BCUT2D eigenvalue weighted by molar-refractivity contribution is 7.93. The summed E-state index contributed by atoms with van der Waals surface area (Å²) in [4.78, 5) is 0.230. The average molecular weight is 386 g/mol. The Morgan fingerprint density at radius 1 is 1.04 bits per heavy atom. The molecule has 0 spiro atoms. The third-order valence-electron chi connectivity index (χ3n) is 4.46. The number of methoxy groups -OCH3 is 1. The third-order valence-corrected chi connectivity index (χ3v) is 6.38. The van der Waals surface area contributed by atoms with Crippen LogP contribution in [0.3, 0.4) is 0 Å². The van der Waals surface area contributed by atoms with Gasteiger partial charge in [-0.05, 0) is 31.9 Å². The van der Waals surface area contributed by atoms with E-state index < -0.39 is 10.0 Å². The lowest BCUT2D eigenvalue weighted by molar-refractivity contribution is 0.208. The van der Waals surface area contributed by atoms with E-state index in [2.05, 4.69) is 5.16 Å². The van der Waals surface area contributed by atoms with E-state index in [1.165, 1.54) is 7.11 Å². The van der Waals surface area contributed by atoms with Gasteiger partial charge in [0.2, 0.25) is 0 Å². The fourth-order valence-corrected chi connectivity index (χ4v) is 4.75. The molecule has 0 aliphatic rings. The largest absolute Gasteiger partial charge is 0.363 e. The van der Waals surface area contributed by atoms with Crippen LogP contribution in [-0.4, -0.2) is 27.4 Å². The summed E-state index contributed by atoms with van der Waals surface area (Å²) in [7, 11) is -2.50. The monoisotopic (exact) mass is 386 g/mol. The molecule has 1 aromatic heterocycles. The fraction of sp³-hybridized carbons (Fsp3) is 0.250. The molecule has 27 heavy (non-hydrogen) atoms. The first-order chi connectivity index (χ1) is 12.9. The van der Waals surface area contributed by atoms with Crippen molar-refractivity contribution in [3.63, 3.8) is 0 Å². The molecule has 0 amide bonds. The van der Waals surface area contributed by atoms with Gasteiger partial charge in [-0.3, -0.25) is 0 Å². The first-order valence-electron chi connectivity index (χ1n) is 8.47. The van der Waals surface area contributed by atoms with Crippen molar-refractivity contribution in [2.45, 2.75) is 25.7 Å². The smallest absolute Gasteiger partial charge is 0.268 e. The molecule has 0 radical (unpaired) electrons. The Kier molecular flexibility index (Phi) is 5.34. The maximum atomic E-state index is 13.7. The van der Waals surface area contributed by atoms with Gasteiger partial charge in [0.05, 0.1) is 4.90 Å². The van der Waals surface area contributed by atoms with Gasteiger partial charge >= 0.3 is 0 Å². The number of sulfonamides is 1. The number of aryl methyl sites for hydroxylation is 2. The van der Waals surface area contributed by atoms with Crippen molar-refractivity contribution in [2.75, 3.05) is 18.1 Å². The van der Waals surface area contributed by atoms with E-state index in [-0.39, 0.29) is 17.4 Å². The Bertz CT molecular complexity index is 1040. The number of benzene rings is 2. The quantitative estimate of drug-likeness (QED) is 0.597. The summed E-state index contributed by atoms with van der Waals surface area (Å²) < 4.78 is 38.8. The van der Waals surface area contributed by atoms with Crippen molar-refractivity contribution in [3.05, 3.63) is 65.4 Å². The molecule has 0 unspecified atom stereocenters. The van der Waals surface area contributed by atoms with Crippen molar-refractivity contribution in [3.8, 4) is 11.1 Å². The van der Waals surface area contributed by atoms with Crippen LogP contribution in [0.25, 0.3) is 11.1 Å². The first kappa shape index (κ1) is 19.1. The summed E-state index contributed by atoms with van der Waals surface area (Å²) in [5.41, 5.74) is 2.76. The zero-order chi connectivity index (χ0) is 19.6. The second-order valence-electron chi connectivity index (χ2n) is 6.28. The predicted molar refractivity (Wildman–Crippen MR) is 104 cm³/mol. The van der Waals surface area contributed by atoms with E-state index in [4.69, 9.17) is 9.26 Å². The van der Waals surface area contributed by atoms with E-state index in [9.17, 15) is 8.42 Å². The number of hydrogen-bond donors (Lipinski definition) is 0. The standard InChI is InChI=1S/C20H22N2O4S/c1-14-9-8-12-18(17-10-6-5-7-11-17)19(14)27(23,24)22(13-25-4)20-15(2)16(3)26-21-20/h5-12H,13H2,1-4H3. The van der Waals surface area contributed by atoms with Crippen molar-refractivity contribution < 1.29 is 17.7 Å². The second-order valence-corrected chi connectivity index (χ2v) is 8.08. The van der Waals surface area contributed by atoms with Gasteiger partial charge in [0.25, 0.3) is 10.0 Å². The van der Waals surface area contributed by atoms with Gasteiger partial charge in [0.15, 0.2) is 5.82 Å². The number of rotatable bonds is 6. The highest BCUT2D eigenvalue weighted by atomic mass is 32.2. The normalized spacial score (nSPS) is 11.6. The Balaban J connectivity index is 2.23. The molecule has 142 valence electrons. The van der Waals surface area contributed by atoms with Crippen molar-refractivity contribution >= 4 is 15.8 Å². The van der Waals surface area contributed by atoms with Gasteiger partial charge in [-0.2, -0.15) is 0 Å². The maximum Gasteiger partial charge on any atom is 0.268 e. The molecule has 2 aromatic carbocycles. The summed E-state index contributed by atoms with van der Waals surface area (Å²) in [5.74, 6) is 0.797. The lowest BCUT2D eigenvalue weighted by Gasteiger charge is -2.24. The van der Waals surface area contributed by atoms with Gasteiger partial charge in [-0.15, -0.1) is 0 Å². The molecule has 0 aliphatic carbocycles. The van der Waals surface area contributed by atoms with Crippen molar-refractivity contribution in [2.24, 2.45) is 0 Å². The maximum absolute atomic E-state index is 13.7. The summed E-state index contributed by atoms with van der Waals surface area (Å²) in [6.07, 6.45) is 0. The molecule has 7 heteroatoms. The number of ether oxygens (including phenoxy) is 1. The van der Waals surface area contributed by atoms with Crippen LogP contribution in [0.2, 0.25) is 0 Å². The molecule has 0 atom stereocenters. The molecule has 0 bridgehead atoms. The van der Waals surface area contributed by atoms with Crippen LogP contribution >= 0.6 is 0 Å². The zero-order valence-electron chi connectivity index (χ0n) is 15.8. The Morgan fingerprint density at radius 3 is 2.33 bits per heavy atom. The van der Waals surface area contributed by atoms with Crippen LogP contribution in [0.5, 0.6) is 0 Å². The molecule has 3 aromatic rings. The van der Waals surface area contributed by atoms with Crippen molar-refractivity contribution in [1.29, 1.82) is 0 Å². The van der Waals surface area contributed by atoms with Crippen LogP contribution in [0.15, 0.2) is 57.9 Å².